The summed E-state index contributed by atoms with van der Waals surface area (Å²) in [5, 5.41) is 9.29. The van der Waals surface area contributed by atoms with Crippen molar-refractivity contribution < 1.29 is 9.90 Å². The first-order valence-corrected chi connectivity index (χ1v) is 6.34. The van der Waals surface area contributed by atoms with Gasteiger partial charge < -0.3 is 10.1 Å². The second-order valence-electron chi connectivity index (χ2n) is 5.82. The predicted octanol–water partition coefficient (Wildman–Crippen LogP) is 1.87. The van der Waals surface area contributed by atoms with Crippen molar-refractivity contribution in [3.05, 3.63) is 22.9 Å². The zero-order valence-corrected chi connectivity index (χ0v) is 11.0. The molecular formula is C13H20N2O3. The van der Waals surface area contributed by atoms with Crippen LogP contribution >= 0.6 is 0 Å². The lowest BCUT2D eigenvalue weighted by molar-refractivity contribution is -0.150. The topological polar surface area (TPSA) is 75.1 Å². The van der Waals surface area contributed by atoms with Crippen LogP contribution in [0.1, 0.15) is 39.7 Å². The normalized spacial score (nSPS) is 31.2. The number of aliphatic carboxylic acids is 1. The van der Waals surface area contributed by atoms with E-state index in [4.69, 9.17) is 0 Å². The Morgan fingerprint density at radius 1 is 1.50 bits per heavy atom. The van der Waals surface area contributed by atoms with Gasteiger partial charge in [-0.2, -0.15) is 0 Å². The minimum absolute atomic E-state index is 0.0781. The molecule has 0 aliphatic heterocycles. The molecule has 1 aromatic heterocycles. The Hall–Kier alpha value is -1.52. The first-order chi connectivity index (χ1) is 8.35. The Morgan fingerprint density at radius 3 is 2.67 bits per heavy atom. The maximum absolute atomic E-state index is 11.7. The average Bonchev–Trinajstić information content (AvgIpc) is 2.68. The largest absolute Gasteiger partial charge is 0.481 e. The quantitative estimate of drug-likeness (QED) is 0.843. The number of hydrogen-bond donors (Lipinski definition) is 2. The van der Waals surface area contributed by atoms with E-state index in [1.54, 1.807) is 17.0 Å². The van der Waals surface area contributed by atoms with Crippen LogP contribution in [0.15, 0.2) is 17.2 Å². The number of H-pyrrole nitrogens is 1. The van der Waals surface area contributed by atoms with Gasteiger partial charge in [-0.3, -0.25) is 9.36 Å². The van der Waals surface area contributed by atoms with Gasteiger partial charge in [0, 0.05) is 18.4 Å². The molecule has 5 heteroatoms. The summed E-state index contributed by atoms with van der Waals surface area (Å²) < 4.78 is 1.70. The van der Waals surface area contributed by atoms with Crippen LogP contribution < -0.4 is 5.69 Å². The van der Waals surface area contributed by atoms with Gasteiger partial charge in [0.15, 0.2) is 0 Å². The number of imidazole rings is 1. The molecule has 2 rings (SSSR count). The summed E-state index contributed by atoms with van der Waals surface area (Å²) in [6.45, 7) is 6.01. The molecule has 1 heterocycles. The molecule has 0 bridgehead atoms. The van der Waals surface area contributed by atoms with Crippen LogP contribution in [0.25, 0.3) is 0 Å². The molecule has 1 aromatic rings. The van der Waals surface area contributed by atoms with Crippen LogP contribution in [0.3, 0.4) is 0 Å². The molecule has 3 unspecified atom stereocenters. The van der Waals surface area contributed by atoms with Crippen molar-refractivity contribution in [2.24, 2.45) is 17.3 Å². The second kappa shape index (κ2) is 4.30. The number of nitrogens with one attached hydrogen (secondary N) is 1. The standard InChI is InChI=1S/C13H20N2O3/c1-8-10(15-7-6-14-12(15)18)5-4-9(11(16)17)13(8,2)3/h6-10H,4-5H2,1-3H3,(H,14,18)(H,16,17). The van der Waals surface area contributed by atoms with Crippen LogP contribution in [0.5, 0.6) is 0 Å². The molecule has 0 radical (unpaired) electrons. The van der Waals surface area contributed by atoms with Crippen molar-refractivity contribution in [3.8, 4) is 0 Å². The minimum Gasteiger partial charge on any atom is -0.481 e. The maximum Gasteiger partial charge on any atom is 0.325 e. The second-order valence-corrected chi connectivity index (χ2v) is 5.82. The fraction of sp³-hybridized carbons (Fsp3) is 0.692. The Kier molecular flexibility index (Phi) is 3.09. The molecule has 2 N–H and O–H groups in total. The van der Waals surface area contributed by atoms with Gasteiger partial charge in [-0.05, 0) is 24.2 Å². The molecular weight excluding hydrogens is 232 g/mol. The molecule has 100 valence electrons. The molecule has 1 saturated carbocycles. The Morgan fingerprint density at radius 2 is 2.17 bits per heavy atom. The Labute approximate surface area is 106 Å². The summed E-state index contributed by atoms with van der Waals surface area (Å²) in [4.78, 5) is 25.6. The van der Waals surface area contributed by atoms with E-state index in [9.17, 15) is 14.7 Å². The fourth-order valence-electron chi connectivity index (χ4n) is 3.19. The molecule has 1 aliphatic carbocycles. The highest BCUT2D eigenvalue weighted by atomic mass is 16.4. The third kappa shape index (κ3) is 1.87. The van der Waals surface area contributed by atoms with E-state index >= 15 is 0 Å². The van der Waals surface area contributed by atoms with Gasteiger partial charge in [0.05, 0.1) is 5.92 Å². The van der Waals surface area contributed by atoms with E-state index in [-0.39, 0.29) is 29.0 Å². The van der Waals surface area contributed by atoms with Gasteiger partial charge in [-0.25, -0.2) is 4.79 Å². The predicted molar refractivity (Wildman–Crippen MR) is 67.4 cm³/mol. The SMILES string of the molecule is CC1C(n2cc[nH]c2=O)CCC(C(=O)O)C1(C)C. The highest BCUT2D eigenvalue weighted by Gasteiger charge is 2.46. The zero-order valence-electron chi connectivity index (χ0n) is 11.0. The van der Waals surface area contributed by atoms with Crippen molar-refractivity contribution in [1.82, 2.24) is 9.55 Å². The highest BCUT2D eigenvalue weighted by molar-refractivity contribution is 5.71. The molecule has 0 saturated heterocycles. The van der Waals surface area contributed by atoms with Gasteiger partial charge in [0.1, 0.15) is 0 Å². The van der Waals surface area contributed by atoms with E-state index in [1.807, 2.05) is 20.8 Å². The molecule has 1 aliphatic rings. The van der Waals surface area contributed by atoms with E-state index in [1.165, 1.54) is 0 Å². The molecule has 5 nitrogen and oxygen atoms in total. The smallest absolute Gasteiger partial charge is 0.325 e. The highest BCUT2D eigenvalue weighted by Crippen LogP contribution is 2.49. The Bertz CT molecular complexity index is 500. The fourth-order valence-corrected chi connectivity index (χ4v) is 3.19. The van der Waals surface area contributed by atoms with Crippen molar-refractivity contribution in [3.63, 3.8) is 0 Å². The maximum atomic E-state index is 11.7. The van der Waals surface area contributed by atoms with Crippen LogP contribution in [-0.2, 0) is 4.79 Å². The van der Waals surface area contributed by atoms with Crippen molar-refractivity contribution in [2.75, 3.05) is 0 Å². The van der Waals surface area contributed by atoms with E-state index in [0.717, 1.165) is 6.42 Å². The molecule has 3 atom stereocenters. The lowest BCUT2D eigenvalue weighted by Gasteiger charge is -2.46. The van der Waals surface area contributed by atoms with Gasteiger partial charge in [-0.15, -0.1) is 0 Å². The third-order valence-corrected chi connectivity index (χ3v) is 4.73. The number of carboxylic acids is 1. The van der Waals surface area contributed by atoms with Crippen LogP contribution in [0, 0.1) is 17.3 Å². The van der Waals surface area contributed by atoms with E-state index < -0.39 is 5.97 Å². The summed E-state index contributed by atoms with van der Waals surface area (Å²) >= 11 is 0. The van der Waals surface area contributed by atoms with Gasteiger partial charge in [-0.1, -0.05) is 20.8 Å². The molecule has 0 aromatic carbocycles. The summed E-state index contributed by atoms with van der Waals surface area (Å²) in [5.74, 6) is -0.925. The number of carbonyl (C=O) groups is 1. The first kappa shape index (κ1) is 12.9. The summed E-state index contributed by atoms with van der Waals surface area (Å²) in [6.07, 6.45) is 4.74. The van der Waals surface area contributed by atoms with Crippen molar-refractivity contribution >= 4 is 5.97 Å². The monoisotopic (exact) mass is 252 g/mol. The average molecular weight is 252 g/mol. The molecule has 0 spiro atoms. The van der Waals surface area contributed by atoms with Gasteiger partial charge >= 0.3 is 11.7 Å². The van der Waals surface area contributed by atoms with Crippen LogP contribution in [-0.4, -0.2) is 20.6 Å². The number of carboxylic acid groups (broad SMARTS) is 1. The summed E-state index contributed by atoms with van der Waals surface area (Å²) in [5.41, 5.74) is -0.428. The zero-order chi connectivity index (χ0) is 13.5. The first-order valence-electron chi connectivity index (χ1n) is 6.34. The van der Waals surface area contributed by atoms with E-state index in [2.05, 4.69) is 4.98 Å². The molecule has 0 amide bonds. The van der Waals surface area contributed by atoms with Crippen molar-refractivity contribution in [2.45, 2.75) is 39.7 Å². The van der Waals surface area contributed by atoms with Crippen LogP contribution in [0.2, 0.25) is 0 Å². The number of nitrogens with zero attached hydrogens (tertiary/aromatic N) is 1. The summed E-state index contributed by atoms with van der Waals surface area (Å²) in [7, 11) is 0. The summed E-state index contributed by atoms with van der Waals surface area (Å²) in [6, 6.07) is 0.0781. The number of hydrogen-bond acceptors (Lipinski definition) is 2. The lowest BCUT2D eigenvalue weighted by Crippen LogP contribution is -2.45. The third-order valence-electron chi connectivity index (χ3n) is 4.73. The Balaban J connectivity index is 2.32. The molecule has 1 fully saturated rings. The number of rotatable bonds is 2. The number of aromatic nitrogens is 2. The van der Waals surface area contributed by atoms with Crippen LogP contribution in [0.4, 0.5) is 0 Å². The van der Waals surface area contributed by atoms with Crippen molar-refractivity contribution in [1.29, 1.82) is 0 Å². The minimum atomic E-state index is -0.730. The number of aromatic amines is 1. The molecule has 18 heavy (non-hydrogen) atoms. The lowest BCUT2D eigenvalue weighted by atomic mass is 9.61. The van der Waals surface area contributed by atoms with Gasteiger partial charge in [0.2, 0.25) is 0 Å². The van der Waals surface area contributed by atoms with E-state index in [0.29, 0.717) is 6.42 Å². The van der Waals surface area contributed by atoms with Gasteiger partial charge in [0.25, 0.3) is 0 Å².